The number of methoxy groups -OCH3 is 1. The zero-order chi connectivity index (χ0) is 14.5. The standard InChI is InChI=1S/C15H15BrFNO2/c1-19-14-5-2-10(8-18)6-11(14)9-20-15-7-12(17)3-4-13(15)16/h2-7H,8-9,18H2,1H3. The molecule has 0 bridgehead atoms. The van der Waals surface area contributed by atoms with E-state index in [9.17, 15) is 4.39 Å². The summed E-state index contributed by atoms with van der Waals surface area (Å²) in [5.74, 6) is 0.825. The van der Waals surface area contributed by atoms with E-state index in [0.29, 0.717) is 16.8 Å². The molecule has 2 N–H and O–H groups in total. The summed E-state index contributed by atoms with van der Waals surface area (Å²) < 4.78 is 24.8. The minimum Gasteiger partial charge on any atom is -0.496 e. The van der Waals surface area contributed by atoms with Crippen molar-refractivity contribution in [3.05, 3.63) is 57.8 Å². The maximum Gasteiger partial charge on any atom is 0.136 e. The summed E-state index contributed by atoms with van der Waals surface area (Å²) in [4.78, 5) is 0. The summed E-state index contributed by atoms with van der Waals surface area (Å²) in [5, 5.41) is 0. The molecular formula is C15H15BrFNO2. The summed E-state index contributed by atoms with van der Waals surface area (Å²) in [6, 6.07) is 9.99. The normalized spacial score (nSPS) is 10.4. The molecular weight excluding hydrogens is 325 g/mol. The smallest absolute Gasteiger partial charge is 0.136 e. The number of rotatable bonds is 5. The van der Waals surface area contributed by atoms with Gasteiger partial charge in [0, 0.05) is 18.2 Å². The van der Waals surface area contributed by atoms with Gasteiger partial charge in [-0.05, 0) is 45.8 Å². The Bertz CT molecular complexity index is 604. The Morgan fingerprint density at radius 2 is 1.95 bits per heavy atom. The van der Waals surface area contributed by atoms with Gasteiger partial charge < -0.3 is 15.2 Å². The highest BCUT2D eigenvalue weighted by Gasteiger charge is 2.08. The van der Waals surface area contributed by atoms with Gasteiger partial charge in [-0.3, -0.25) is 0 Å². The first kappa shape index (κ1) is 14.8. The van der Waals surface area contributed by atoms with E-state index in [1.165, 1.54) is 12.1 Å². The predicted octanol–water partition coefficient (Wildman–Crippen LogP) is 3.63. The molecule has 2 rings (SSSR count). The van der Waals surface area contributed by atoms with Crippen LogP contribution in [0.5, 0.6) is 11.5 Å². The van der Waals surface area contributed by atoms with Crippen LogP contribution in [-0.4, -0.2) is 7.11 Å². The van der Waals surface area contributed by atoms with Crippen LogP contribution in [0.15, 0.2) is 40.9 Å². The molecule has 0 saturated heterocycles. The lowest BCUT2D eigenvalue weighted by molar-refractivity contribution is 0.293. The van der Waals surface area contributed by atoms with Gasteiger partial charge in [-0.2, -0.15) is 0 Å². The van der Waals surface area contributed by atoms with Gasteiger partial charge in [-0.1, -0.05) is 6.07 Å². The van der Waals surface area contributed by atoms with E-state index in [-0.39, 0.29) is 12.4 Å². The van der Waals surface area contributed by atoms with Crippen molar-refractivity contribution in [3.8, 4) is 11.5 Å². The van der Waals surface area contributed by atoms with Crippen molar-refractivity contribution in [1.82, 2.24) is 0 Å². The molecule has 2 aromatic carbocycles. The number of benzene rings is 2. The third-order valence-electron chi connectivity index (χ3n) is 2.86. The van der Waals surface area contributed by atoms with Crippen molar-refractivity contribution in [3.63, 3.8) is 0 Å². The molecule has 0 aromatic heterocycles. The monoisotopic (exact) mass is 339 g/mol. The van der Waals surface area contributed by atoms with Crippen LogP contribution >= 0.6 is 15.9 Å². The third kappa shape index (κ3) is 3.49. The molecule has 0 aliphatic rings. The highest BCUT2D eigenvalue weighted by molar-refractivity contribution is 9.10. The van der Waals surface area contributed by atoms with Crippen LogP contribution in [0.25, 0.3) is 0 Å². The van der Waals surface area contributed by atoms with Crippen molar-refractivity contribution in [2.45, 2.75) is 13.2 Å². The van der Waals surface area contributed by atoms with Crippen LogP contribution < -0.4 is 15.2 Å². The van der Waals surface area contributed by atoms with E-state index >= 15 is 0 Å². The first-order chi connectivity index (χ1) is 9.63. The molecule has 0 fully saturated rings. The van der Waals surface area contributed by atoms with Crippen molar-refractivity contribution in [2.75, 3.05) is 7.11 Å². The quantitative estimate of drug-likeness (QED) is 0.904. The van der Waals surface area contributed by atoms with Crippen LogP contribution in [0, 0.1) is 5.82 Å². The Balaban J connectivity index is 2.19. The molecule has 0 radical (unpaired) electrons. The summed E-state index contributed by atoms with van der Waals surface area (Å²) in [6.45, 7) is 0.722. The Labute approximate surface area is 125 Å². The van der Waals surface area contributed by atoms with E-state index in [4.69, 9.17) is 15.2 Å². The second kappa shape index (κ2) is 6.72. The van der Waals surface area contributed by atoms with Crippen LogP contribution in [0.2, 0.25) is 0 Å². The number of halogens is 2. The summed E-state index contributed by atoms with van der Waals surface area (Å²) >= 11 is 3.32. The molecule has 20 heavy (non-hydrogen) atoms. The first-order valence-electron chi connectivity index (χ1n) is 6.07. The minimum absolute atomic E-state index is 0.277. The lowest BCUT2D eigenvalue weighted by atomic mass is 10.1. The van der Waals surface area contributed by atoms with Gasteiger partial charge in [0.05, 0.1) is 11.6 Å². The van der Waals surface area contributed by atoms with Crippen LogP contribution in [0.4, 0.5) is 4.39 Å². The van der Waals surface area contributed by atoms with Crippen LogP contribution in [0.1, 0.15) is 11.1 Å². The van der Waals surface area contributed by atoms with Gasteiger partial charge in [0.15, 0.2) is 0 Å². The van der Waals surface area contributed by atoms with Gasteiger partial charge in [0.25, 0.3) is 0 Å². The minimum atomic E-state index is -0.342. The van der Waals surface area contributed by atoms with E-state index < -0.39 is 0 Å². The second-order valence-electron chi connectivity index (χ2n) is 4.21. The number of nitrogens with two attached hydrogens (primary N) is 1. The molecule has 3 nitrogen and oxygen atoms in total. The molecule has 2 aromatic rings. The van der Waals surface area contributed by atoms with Gasteiger partial charge in [0.2, 0.25) is 0 Å². The van der Waals surface area contributed by atoms with Gasteiger partial charge in [-0.25, -0.2) is 4.39 Å². The molecule has 0 aliphatic carbocycles. The van der Waals surface area contributed by atoms with Crippen LogP contribution in [0.3, 0.4) is 0 Å². The third-order valence-corrected chi connectivity index (χ3v) is 3.51. The zero-order valence-electron chi connectivity index (χ0n) is 11.0. The highest BCUT2D eigenvalue weighted by Crippen LogP contribution is 2.28. The maximum absolute atomic E-state index is 13.2. The Morgan fingerprint density at radius 1 is 1.15 bits per heavy atom. The van der Waals surface area contributed by atoms with Crippen molar-refractivity contribution >= 4 is 15.9 Å². The SMILES string of the molecule is COc1ccc(CN)cc1COc1cc(F)ccc1Br. The molecule has 106 valence electrons. The number of hydrogen-bond acceptors (Lipinski definition) is 3. The lowest BCUT2D eigenvalue weighted by Gasteiger charge is -2.12. The number of hydrogen-bond donors (Lipinski definition) is 1. The predicted molar refractivity (Wildman–Crippen MR) is 79.3 cm³/mol. The fourth-order valence-corrected chi connectivity index (χ4v) is 2.18. The van der Waals surface area contributed by atoms with Crippen LogP contribution in [-0.2, 0) is 13.2 Å². The molecule has 0 spiro atoms. The zero-order valence-corrected chi connectivity index (χ0v) is 12.6. The van der Waals surface area contributed by atoms with Crippen molar-refractivity contribution in [2.24, 2.45) is 5.73 Å². The fourth-order valence-electron chi connectivity index (χ4n) is 1.82. The summed E-state index contributed by atoms with van der Waals surface area (Å²) in [5.41, 5.74) is 7.48. The van der Waals surface area contributed by atoms with Gasteiger partial charge in [-0.15, -0.1) is 0 Å². The second-order valence-corrected chi connectivity index (χ2v) is 5.07. The molecule has 0 saturated carbocycles. The average Bonchev–Trinajstić information content (AvgIpc) is 2.47. The number of ether oxygens (including phenoxy) is 2. The van der Waals surface area contributed by atoms with E-state index in [1.807, 2.05) is 18.2 Å². The Hall–Kier alpha value is -1.59. The van der Waals surface area contributed by atoms with Crippen molar-refractivity contribution in [1.29, 1.82) is 0 Å². The van der Waals surface area contributed by atoms with E-state index in [2.05, 4.69) is 15.9 Å². The van der Waals surface area contributed by atoms with Gasteiger partial charge >= 0.3 is 0 Å². The van der Waals surface area contributed by atoms with Crippen molar-refractivity contribution < 1.29 is 13.9 Å². The Kier molecular flexibility index (Phi) is 4.98. The van der Waals surface area contributed by atoms with Gasteiger partial charge in [0.1, 0.15) is 23.9 Å². The summed E-state index contributed by atoms with van der Waals surface area (Å²) in [7, 11) is 1.60. The largest absolute Gasteiger partial charge is 0.496 e. The molecule has 0 aliphatic heterocycles. The molecule has 0 atom stereocenters. The van der Waals surface area contributed by atoms with E-state index in [0.717, 1.165) is 16.9 Å². The lowest BCUT2D eigenvalue weighted by Crippen LogP contribution is -2.03. The van der Waals surface area contributed by atoms with E-state index in [1.54, 1.807) is 13.2 Å². The average molecular weight is 340 g/mol. The first-order valence-corrected chi connectivity index (χ1v) is 6.87. The molecule has 0 amide bonds. The fraction of sp³-hybridized carbons (Fsp3) is 0.200. The highest BCUT2D eigenvalue weighted by atomic mass is 79.9. The Morgan fingerprint density at radius 3 is 2.65 bits per heavy atom. The maximum atomic E-state index is 13.2. The molecule has 5 heteroatoms. The summed E-state index contributed by atoms with van der Waals surface area (Å²) in [6.07, 6.45) is 0. The topological polar surface area (TPSA) is 44.5 Å². The molecule has 0 unspecified atom stereocenters. The molecule has 0 heterocycles.